The maximum Gasteiger partial charge on any atom is 0.172 e. The fourth-order valence-corrected chi connectivity index (χ4v) is 2.02. The summed E-state index contributed by atoms with van der Waals surface area (Å²) in [5, 5.41) is 19.7. The molecule has 0 aliphatic carbocycles. The van der Waals surface area contributed by atoms with Gasteiger partial charge < -0.3 is 14.9 Å². The maximum atomic E-state index is 9.42. The third-order valence-electron chi connectivity index (χ3n) is 1.80. The van der Waals surface area contributed by atoms with Crippen molar-refractivity contribution in [1.82, 2.24) is 0 Å². The predicted octanol–water partition coefficient (Wildman–Crippen LogP) is 2.32. The van der Waals surface area contributed by atoms with Crippen molar-refractivity contribution < 1.29 is 14.9 Å². The monoisotopic (exact) mass is 196 g/mol. The standard InChI is InChI=1S/C9H8O3S/c1-12-7-4-8-5(2-6(7)10)3-9(11)13-8/h2-4,10-11H,1H3. The Hall–Kier alpha value is -1.42. The number of hydrogen-bond acceptors (Lipinski definition) is 4. The molecule has 68 valence electrons. The third-order valence-corrected chi connectivity index (χ3v) is 2.71. The highest BCUT2D eigenvalue weighted by Gasteiger charge is 2.06. The molecule has 2 aromatic rings. The fourth-order valence-electron chi connectivity index (χ4n) is 1.21. The number of ether oxygens (including phenoxy) is 1. The molecule has 1 heterocycles. The number of phenolic OH excluding ortho intramolecular Hbond substituents is 1. The fraction of sp³-hybridized carbons (Fsp3) is 0.111. The van der Waals surface area contributed by atoms with Gasteiger partial charge in [0, 0.05) is 16.2 Å². The van der Waals surface area contributed by atoms with Gasteiger partial charge >= 0.3 is 0 Å². The van der Waals surface area contributed by atoms with Gasteiger partial charge in [0.15, 0.2) is 16.6 Å². The first-order valence-electron chi connectivity index (χ1n) is 3.70. The van der Waals surface area contributed by atoms with Gasteiger partial charge in [0.1, 0.15) is 0 Å². The van der Waals surface area contributed by atoms with E-state index < -0.39 is 0 Å². The molecular weight excluding hydrogens is 188 g/mol. The van der Waals surface area contributed by atoms with Crippen LogP contribution in [0, 0.1) is 0 Å². The largest absolute Gasteiger partial charge is 0.504 e. The number of thiophene rings is 1. The second kappa shape index (κ2) is 2.81. The summed E-state index contributed by atoms with van der Waals surface area (Å²) < 4.78 is 5.83. The second-order valence-corrected chi connectivity index (χ2v) is 3.71. The Labute approximate surface area is 78.8 Å². The molecule has 0 aliphatic rings. The van der Waals surface area contributed by atoms with E-state index in [1.807, 2.05) is 0 Å². The van der Waals surface area contributed by atoms with Crippen LogP contribution in [-0.4, -0.2) is 17.3 Å². The molecule has 0 aliphatic heterocycles. The van der Waals surface area contributed by atoms with Crippen LogP contribution < -0.4 is 4.74 Å². The third kappa shape index (κ3) is 1.29. The van der Waals surface area contributed by atoms with E-state index in [0.717, 1.165) is 10.1 Å². The average molecular weight is 196 g/mol. The Morgan fingerprint density at radius 2 is 2.00 bits per heavy atom. The van der Waals surface area contributed by atoms with Crippen molar-refractivity contribution in [3.63, 3.8) is 0 Å². The molecule has 0 saturated carbocycles. The zero-order chi connectivity index (χ0) is 9.42. The number of aromatic hydroxyl groups is 2. The van der Waals surface area contributed by atoms with Crippen LogP contribution >= 0.6 is 11.3 Å². The van der Waals surface area contributed by atoms with E-state index >= 15 is 0 Å². The van der Waals surface area contributed by atoms with Gasteiger partial charge in [-0.05, 0) is 12.1 Å². The molecule has 13 heavy (non-hydrogen) atoms. The van der Waals surface area contributed by atoms with E-state index in [1.165, 1.54) is 18.4 Å². The normalized spacial score (nSPS) is 10.5. The smallest absolute Gasteiger partial charge is 0.172 e. The Morgan fingerprint density at radius 3 is 2.69 bits per heavy atom. The molecule has 0 amide bonds. The summed E-state index contributed by atoms with van der Waals surface area (Å²) in [4.78, 5) is 0. The first kappa shape index (κ1) is 8.19. The average Bonchev–Trinajstić information content (AvgIpc) is 2.42. The molecule has 4 heteroatoms. The highest BCUT2D eigenvalue weighted by Crippen LogP contribution is 2.37. The lowest BCUT2D eigenvalue weighted by atomic mass is 10.2. The van der Waals surface area contributed by atoms with Gasteiger partial charge in [0.25, 0.3) is 0 Å². The van der Waals surface area contributed by atoms with Crippen LogP contribution in [0.4, 0.5) is 0 Å². The van der Waals surface area contributed by atoms with Crippen molar-refractivity contribution in [3.05, 3.63) is 18.2 Å². The van der Waals surface area contributed by atoms with Crippen molar-refractivity contribution in [2.45, 2.75) is 0 Å². The molecule has 2 rings (SSSR count). The minimum atomic E-state index is 0.0906. The molecule has 1 aromatic heterocycles. The maximum absolute atomic E-state index is 9.42. The van der Waals surface area contributed by atoms with Crippen LogP contribution in [0.3, 0.4) is 0 Å². The number of phenols is 1. The summed E-state index contributed by atoms with van der Waals surface area (Å²) in [5.74, 6) is 0.516. The molecule has 0 saturated heterocycles. The molecular formula is C9H8O3S. The van der Waals surface area contributed by atoms with Crippen molar-refractivity contribution >= 4 is 21.4 Å². The van der Waals surface area contributed by atoms with Crippen LogP contribution in [0.15, 0.2) is 18.2 Å². The van der Waals surface area contributed by atoms with Crippen LogP contribution in [-0.2, 0) is 0 Å². The topological polar surface area (TPSA) is 49.7 Å². The van der Waals surface area contributed by atoms with Crippen molar-refractivity contribution in [2.24, 2.45) is 0 Å². The Balaban J connectivity index is 2.72. The zero-order valence-corrected chi connectivity index (χ0v) is 7.76. The van der Waals surface area contributed by atoms with Crippen LogP contribution in [0.2, 0.25) is 0 Å². The highest BCUT2D eigenvalue weighted by atomic mass is 32.1. The summed E-state index contributed by atoms with van der Waals surface area (Å²) in [6, 6.07) is 4.89. The first-order valence-corrected chi connectivity index (χ1v) is 4.52. The highest BCUT2D eigenvalue weighted by molar-refractivity contribution is 7.20. The Kier molecular flexibility index (Phi) is 1.77. The molecule has 0 bridgehead atoms. The van der Waals surface area contributed by atoms with E-state index in [-0.39, 0.29) is 10.8 Å². The first-order chi connectivity index (χ1) is 6.20. The molecule has 2 N–H and O–H groups in total. The predicted molar refractivity (Wildman–Crippen MR) is 51.7 cm³/mol. The summed E-state index contributed by atoms with van der Waals surface area (Å²) >= 11 is 1.25. The summed E-state index contributed by atoms with van der Waals surface area (Å²) in [6.45, 7) is 0. The minimum absolute atomic E-state index is 0.0906. The van der Waals surface area contributed by atoms with E-state index in [2.05, 4.69) is 0 Å². The van der Waals surface area contributed by atoms with E-state index in [4.69, 9.17) is 4.74 Å². The molecule has 0 radical (unpaired) electrons. The van der Waals surface area contributed by atoms with Gasteiger partial charge in [-0.25, -0.2) is 0 Å². The lowest BCUT2D eigenvalue weighted by Gasteiger charge is -2.01. The lowest BCUT2D eigenvalue weighted by molar-refractivity contribution is 0.374. The SMILES string of the molecule is COc1cc2sc(O)cc2cc1O. The molecule has 0 spiro atoms. The number of fused-ring (bicyclic) bond motifs is 1. The van der Waals surface area contributed by atoms with Crippen LogP contribution in [0.25, 0.3) is 10.1 Å². The number of rotatable bonds is 1. The van der Waals surface area contributed by atoms with Crippen molar-refractivity contribution in [3.8, 4) is 16.6 Å². The van der Waals surface area contributed by atoms with Crippen LogP contribution in [0.1, 0.15) is 0 Å². The van der Waals surface area contributed by atoms with Crippen molar-refractivity contribution in [1.29, 1.82) is 0 Å². The summed E-state index contributed by atoms with van der Waals surface area (Å²) in [7, 11) is 1.49. The molecule has 3 nitrogen and oxygen atoms in total. The van der Waals surface area contributed by atoms with E-state index in [1.54, 1.807) is 18.2 Å². The van der Waals surface area contributed by atoms with Gasteiger partial charge in [0.2, 0.25) is 0 Å². The van der Waals surface area contributed by atoms with E-state index in [0.29, 0.717) is 5.75 Å². The Morgan fingerprint density at radius 1 is 1.23 bits per heavy atom. The number of benzene rings is 1. The Bertz CT molecular complexity index is 447. The lowest BCUT2D eigenvalue weighted by Crippen LogP contribution is -1.81. The summed E-state index contributed by atoms with van der Waals surface area (Å²) in [5.41, 5.74) is 0. The zero-order valence-electron chi connectivity index (χ0n) is 6.94. The van der Waals surface area contributed by atoms with E-state index in [9.17, 15) is 10.2 Å². The quantitative estimate of drug-likeness (QED) is 0.735. The molecule has 0 atom stereocenters. The van der Waals surface area contributed by atoms with Crippen molar-refractivity contribution in [2.75, 3.05) is 7.11 Å². The molecule has 1 aromatic carbocycles. The van der Waals surface area contributed by atoms with Gasteiger partial charge in [0.05, 0.1) is 7.11 Å². The number of methoxy groups -OCH3 is 1. The number of hydrogen-bond donors (Lipinski definition) is 2. The van der Waals surface area contributed by atoms with Gasteiger partial charge in [-0.15, -0.1) is 0 Å². The van der Waals surface area contributed by atoms with Gasteiger partial charge in [-0.1, -0.05) is 11.3 Å². The van der Waals surface area contributed by atoms with Crippen LogP contribution in [0.5, 0.6) is 16.6 Å². The molecule has 0 unspecified atom stereocenters. The van der Waals surface area contributed by atoms with Gasteiger partial charge in [-0.3, -0.25) is 0 Å². The second-order valence-electron chi connectivity index (χ2n) is 2.65. The molecule has 0 fully saturated rings. The summed E-state index contributed by atoms with van der Waals surface area (Å²) in [6.07, 6.45) is 0. The minimum Gasteiger partial charge on any atom is -0.504 e. The van der Waals surface area contributed by atoms with Gasteiger partial charge in [-0.2, -0.15) is 0 Å².